The fourth-order valence-corrected chi connectivity index (χ4v) is 8.59. The van der Waals surface area contributed by atoms with Gasteiger partial charge in [-0.05, 0) is 76.8 Å². The van der Waals surface area contributed by atoms with Crippen LogP contribution in [0.25, 0.3) is 0 Å². The Labute approximate surface area is 495 Å². The second-order valence-electron chi connectivity index (χ2n) is 21.3. The summed E-state index contributed by atoms with van der Waals surface area (Å²) in [5, 5.41) is 58.5. The molecule has 1 aromatic rings. The molecule has 30 nitrogen and oxygen atoms in total. The van der Waals surface area contributed by atoms with Crippen molar-refractivity contribution in [3.8, 4) is 0 Å². The molecule has 1 aliphatic rings. The second kappa shape index (κ2) is 36.7. The maximum atomic E-state index is 14.0. The molecule has 1 fully saturated rings. The van der Waals surface area contributed by atoms with Crippen molar-refractivity contribution in [1.29, 1.82) is 5.41 Å². The first-order chi connectivity index (χ1) is 40.1. The lowest BCUT2D eigenvalue weighted by Gasteiger charge is -2.30. The molecular weight excluding hydrogens is 1110 g/mol. The van der Waals surface area contributed by atoms with Gasteiger partial charge < -0.3 is 90.2 Å². The fraction of sp³-hybridized carbons (Fsp3) is 0.655. The van der Waals surface area contributed by atoms with Crippen LogP contribution in [-0.4, -0.2) is 186 Å². The molecule has 1 saturated heterocycles. The van der Waals surface area contributed by atoms with Crippen molar-refractivity contribution in [2.75, 3.05) is 26.8 Å². The third-order valence-electron chi connectivity index (χ3n) is 14.7. The first-order valence-electron chi connectivity index (χ1n) is 28.6. The van der Waals surface area contributed by atoms with Crippen molar-refractivity contribution in [3.63, 3.8) is 0 Å². The van der Waals surface area contributed by atoms with Crippen LogP contribution in [-0.2, 0) is 68.7 Å². The summed E-state index contributed by atoms with van der Waals surface area (Å²) in [5.41, 5.74) is 11.6. The highest BCUT2D eigenvalue weighted by Crippen LogP contribution is 2.16. The number of rotatable bonds is 32. The van der Waals surface area contributed by atoms with Crippen molar-refractivity contribution in [2.24, 2.45) is 29.2 Å². The van der Waals surface area contributed by atoms with E-state index in [1.165, 1.54) is 20.8 Å². The molecule has 0 aromatic heterocycles. The summed E-state index contributed by atoms with van der Waals surface area (Å²) in [7, 11) is 1.59. The molecule has 476 valence electrons. The van der Waals surface area contributed by atoms with Crippen LogP contribution in [0.2, 0.25) is 0 Å². The van der Waals surface area contributed by atoms with E-state index in [1.807, 2.05) is 30.3 Å². The number of ether oxygens (including phenoxy) is 1. The van der Waals surface area contributed by atoms with Gasteiger partial charge in [0.1, 0.15) is 66.5 Å². The summed E-state index contributed by atoms with van der Waals surface area (Å²) in [4.78, 5) is 163. The molecule has 30 heteroatoms. The highest BCUT2D eigenvalue weighted by Gasteiger charge is 2.40. The van der Waals surface area contributed by atoms with Gasteiger partial charge in [0.2, 0.25) is 65.0 Å². The Morgan fingerprint density at radius 2 is 1.18 bits per heavy atom. The van der Waals surface area contributed by atoms with Crippen LogP contribution >= 0.6 is 0 Å². The minimum Gasteiger partial charge on any atom is -0.458 e. The standard InChI is InChI=1S/C55H91N15O15/c1-11-27(4)40(51(81)66-38(26-72)50(80)70-43-32(9)85-54(84)42(29(6)13-3)69-47(77)34(20-17-23-60-55(57)58)63-44(74)30(7)62-53(43)83)67-45(75)31(8)61-46(76)35(21-22-39(56)73)64-49(79)37(25-71)65-52(82)41(28(5)12-2)68-48(78)36(59-10)24-33-18-15-14-16-19-33/h14-16,18-19,27-32,34-38,40-43,59,71-72H,11-13,17,20-26H2,1-10H3,(H2,56,73)(H,61,76)(H,62,83)(H,63,74)(H,64,79)(H,65,82)(H,66,81)(H,67,75)(H,68,78)(H,69,77)(H,70,80)(H4,57,58,60)/t27-,28-,29-,30-,31+,32-,34-,35+,36+,37-,38-,40-,41-,42-,43+/m0/s1. The quantitative estimate of drug-likeness (QED) is 0.0139. The zero-order valence-electron chi connectivity index (χ0n) is 50.2. The normalized spacial score (nSPS) is 21.0. The van der Waals surface area contributed by atoms with E-state index in [2.05, 4.69) is 63.8 Å². The van der Waals surface area contributed by atoms with E-state index in [-0.39, 0.29) is 31.8 Å². The molecule has 1 aromatic carbocycles. The van der Waals surface area contributed by atoms with Crippen LogP contribution in [0.4, 0.5) is 0 Å². The first kappa shape index (κ1) is 73.1. The Balaban J connectivity index is 2.30. The highest BCUT2D eigenvalue weighted by atomic mass is 16.5. The Morgan fingerprint density at radius 1 is 0.647 bits per heavy atom. The molecule has 19 N–H and O–H groups in total. The van der Waals surface area contributed by atoms with Gasteiger partial charge in [-0.25, -0.2) is 4.79 Å². The molecule has 11 amide bonds. The number of nitrogens with one attached hydrogen (secondary N) is 13. The summed E-state index contributed by atoms with van der Waals surface area (Å²) in [6.07, 6.45) is -0.751. The van der Waals surface area contributed by atoms with Crippen molar-refractivity contribution in [1.82, 2.24) is 63.8 Å². The molecule has 0 radical (unpaired) electrons. The Bertz CT molecular complexity index is 2470. The van der Waals surface area contributed by atoms with Gasteiger partial charge in [-0.3, -0.25) is 58.1 Å². The van der Waals surface area contributed by atoms with E-state index in [9.17, 15) is 67.7 Å². The van der Waals surface area contributed by atoms with Crippen molar-refractivity contribution >= 4 is 76.9 Å². The van der Waals surface area contributed by atoms with E-state index < -0.39 is 187 Å². The van der Waals surface area contributed by atoms with Crippen LogP contribution < -0.4 is 75.3 Å². The average molecular weight is 1200 g/mol. The number of primary amides is 1. The molecule has 15 atom stereocenters. The second-order valence-corrected chi connectivity index (χ2v) is 21.3. The van der Waals surface area contributed by atoms with E-state index >= 15 is 0 Å². The predicted molar refractivity (Wildman–Crippen MR) is 309 cm³/mol. The van der Waals surface area contributed by atoms with Gasteiger partial charge in [-0.1, -0.05) is 91.1 Å². The first-order valence-corrected chi connectivity index (χ1v) is 28.6. The summed E-state index contributed by atoms with van der Waals surface area (Å²) >= 11 is 0. The lowest BCUT2D eigenvalue weighted by molar-refractivity contribution is -0.157. The average Bonchev–Trinajstić information content (AvgIpc) is 3.60. The molecule has 2 rings (SSSR count). The number of guanidine groups is 1. The number of benzene rings is 1. The minimum absolute atomic E-state index is 0.0280. The zero-order valence-corrected chi connectivity index (χ0v) is 50.2. The number of hydrogen-bond acceptors (Lipinski definition) is 17. The smallest absolute Gasteiger partial charge is 0.329 e. The van der Waals surface area contributed by atoms with Gasteiger partial charge in [0.25, 0.3) is 0 Å². The van der Waals surface area contributed by atoms with Gasteiger partial charge in [-0.15, -0.1) is 0 Å². The fourth-order valence-electron chi connectivity index (χ4n) is 8.59. The molecular formula is C55H91N15O15. The topological polar surface area (TPSA) is 475 Å². The van der Waals surface area contributed by atoms with Crippen molar-refractivity contribution in [3.05, 3.63) is 35.9 Å². The molecule has 0 unspecified atom stereocenters. The molecule has 0 bridgehead atoms. The molecule has 1 aliphatic heterocycles. The van der Waals surface area contributed by atoms with Crippen LogP contribution in [0.15, 0.2) is 30.3 Å². The number of likely N-dealkylation sites (N-methyl/N-ethyl adjacent to an activating group) is 1. The van der Waals surface area contributed by atoms with Crippen LogP contribution in [0.3, 0.4) is 0 Å². The third kappa shape index (κ3) is 23.9. The van der Waals surface area contributed by atoms with Gasteiger partial charge in [0.15, 0.2) is 5.96 Å². The maximum Gasteiger partial charge on any atom is 0.329 e. The third-order valence-corrected chi connectivity index (χ3v) is 14.7. The summed E-state index contributed by atoms with van der Waals surface area (Å²) in [6, 6.07) is -6.40. The summed E-state index contributed by atoms with van der Waals surface area (Å²) in [6.45, 7) is 12.1. The summed E-state index contributed by atoms with van der Waals surface area (Å²) in [5.74, 6) is -13.0. The number of carbonyl (C=O) groups excluding carboxylic acids is 12. The van der Waals surface area contributed by atoms with Gasteiger partial charge >= 0.3 is 5.97 Å². The Kier molecular flexibility index (Phi) is 31.5. The molecule has 0 spiro atoms. The van der Waals surface area contributed by atoms with Crippen molar-refractivity contribution in [2.45, 2.75) is 186 Å². The zero-order chi connectivity index (χ0) is 64.2. The Hall–Kier alpha value is -7.99. The largest absolute Gasteiger partial charge is 0.458 e. The van der Waals surface area contributed by atoms with E-state index in [0.29, 0.717) is 19.3 Å². The van der Waals surface area contributed by atoms with Crippen LogP contribution in [0.5, 0.6) is 0 Å². The molecule has 85 heavy (non-hydrogen) atoms. The van der Waals surface area contributed by atoms with Gasteiger partial charge in [-0.2, -0.15) is 0 Å². The molecule has 0 aliphatic carbocycles. The number of carbonyl (C=O) groups is 12. The predicted octanol–water partition coefficient (Wildman–Crippen LogP) is -4.70. The minimum atomic E-state index is -1.82. The molecule has 0 saturated carbocycles. The molecule has 1 heterocycles. The lowest BCUT2D eigenvalue weighted by Crippen LogP contribution is -2.63. The van der Waals surface area contributed by atoms with Crippen LogP contribution in [0.1, 0.15) is 113 Å². The van der Waals surface area contributed by atoms with Gasteiger partial charge in [0, 0.05) is 13.0 Å². The number of amides is 11. The number of hydrogen-bond donors (Lipinski definition) is 17. The summed E-state index contributed by atoms with van der Waals surface area (Å²) < 4.78 is 5.68. The highest BCUT2D eigenvalue weighted by molar-refractivity contribution is 5.99. The maximum absolute atomic E-state index is 14.0. The number of esters is 1. The number of aliphatic hydroxyl groups is 2. The number of nitrogens with two attached hydrogens (primary N) is 2. The van der Waals surface area contributed by atoms with E-state index in [1.54, 1.807) is 48.6 Å². The van der Waals surface area contributed by atoms with Crippen LogP contribution in [0, 0.1) is 23.2 Å². The lowest BCUT2D eigenvalue weighted by atomic mass is 9.96. The van der Waals surface area contributed by atoms with E-state index in [0.717, 1.165) is 5.56 Å². The van der Waals surface area contributed by atoms with E-state index in [4.69, 9.17) is 21.6 Å². The monoisotopic (exact) mass is 1200 g/mol. The number of cyclic esters (lactones) is 1. The number of aliphatic hydroxyl groups excluding tert-OH is 2. The van der Waals surface area contributed by atoms with Gasteiger partial charge in [0.05, 0.1) is 19.3 Å². The SMILES string of the molecule is CC[C@H](C)[C@H](NC(=O)[C@@H](C)NC(=O)[C@@H](CCC(N)=O)NC(=O)[C@H](CO)NC(=O)[C@@H](NC(=O)[C@@H](Cc1ccccc1)NC)[C@@H](C)CC)C(=O)N[C@@H](CO)C(=O)N[C@H]1C(=O)N[C@@H](C)C(=O)N[C@@H](CCCNC(=N)N)C(=O)N[C@@H]([C@@H](C)CC)C(=O)O[C@H]1C. The van der Waals surface area contributed by atoms with Crippen molar-refractivity contribution < 1.29 is 72.5 Å². The Morgan fingerprint density at radius 3 is 1.69 bits per heavy atom.